The zero-order valence-electron chi connectivity index (χ0n) is 12.7. The first-order valence-electron chi connectivity index (χ1n) is 7.12. The minimum atomic E-state index is -0.915. The van der Waals surface area contributed by atoms with Crippen LogP contribution in [0.2, 0.25) is 0 Å². The SMILES string of the molecule is CCN(CC)CCN(CC(C)C)C(=O)CCC(=O)O. The first-order chi connectivity index (χ1) is 8.90. The lowest BCUT2D eigenvalue weighted by molar-refractivity contribution is -0.141. The fourth-order valence-electron chi connectivity index (χ4n) is 1.93. The van der Waals surface area contributed by atoms with Crippen LogP contribution >= 0.6 is 0 Å². The van der Waals surface area contributed by atoms with E-state index in [0.717, 1.165) is 19.6 Å². The number of carbonyl (C=O) groups excluding carboxylic acids is 1. The minimum absolute atomic E-state index is 0.0525. The monoisotopic (exact) mass is 272 g/mol. The molecule has 0 bridgehead atoms. The molecular formula is C14H28N2O3. The number of carboxylic acid groups (broad SMARTS) is 1. The topological polar surface area (TPSA) is 60.9 Å². The highest BCUT2D eigenvalue weighted by Crippen LogP contribution is 2.04. The molecule has 1 amide bonds. The highest BCUT2D eigenvalue weighted by atomic mass is 16.4. The van der Waals surface area contributed by atoms with Gasteiger partial charge in [0.15, 0.2) is 0 Å². The van der Waals surface area contributed by atoms with Gasteiger partial charge in [0.05, 0.1) is 6.42 Å². The van der Waals surface area contributed by atoms with Crippen molar-refractivity contribution in [3.8, 4) is 0 Å². The molecule has 0 radical (unpaired) electrons. The molecule has 19 heavy (non-hydrogen) atoms. The summed E-state index contributed by atoms with van der Waals surface area (Å²) >= 11 is 0. The van der Waals surface area contributed by atoms with Gasteiger partial charge in [0.1, 0.15) is 0 Å². The number of nitrogens with zero attached hydrogens (tertiary/aromatic N) is 2. The summed E-state index contributed by atoms with van der Waals surface area (Å²) in [6.07, 6.45) is 0.0129. The van der Waals surface area contributed by atoms with E-state index in [1.165, 1.54) is 0 Å². The van der Waals surface area contributed by atoms with Crippen LogP contribution in [0.5, 0.6) is 0 Å². The second-order valence-corrected chi connectivity index (χ2v) is 5.15. The lowest BCUT2D eigenvalue weighted by atomic mass is 10.2. The van der Waals surface area contributed by atoms with Crippen LogP contribution in [0.25, 0.3) is 0 Å². The zero-order chi connectivity index (χ0) is 14.8. The maximum Gasteiger partial charge on any atom is 0.303 e. The lowest BCUT2D eigenvalue weighted by Crippen LogP contribution is -2.40. The van der Waals surface area contributed by atoms with Gasteiger partial charge in [0, 0.05) is 26.1 Å². The Bertz CT molecular complexity index is 276. The van der Waals surface area contributed by atoms with E-state index >= 15 is 0 Å². The van der Waals surface area contributed by atoms with Crippen molar-refractivity contribution in [2.45, 2.75) is 40.5 Å². The van der Waals surface area contributed by atoms with Crippen LogP contribution in [-0.4, -0.2) is 59.5 Å². The molecule has 0 aromatic heterocycles. The van der Waals surface area contributed by atoms with E-state index in [1.54, 1.807) is 4.90 Å². The molecule has 5 heteroatoms. The molecule has 0 saturated heterocycles. The van der Waals surface area contributed by atoms with Gasteiger partial charge < -0.3 is 14.9 Å². The van der Waals surface area contributed by atoms with E-state index in [1.807, 2.05) is 0 Å². The van der Waals surface area contributed by atoms with Crippen LogP contribution in [-0.2, 0) is 9.59 Å². The van der Waals surface area contributed by atoms with Gasteiger partial charge >= 0.3 is 5.97 Å². The summed E-state index contributed by atoms with van der Waals surface area (Å²) in [5.74, 6) is -0.574. The third kappa shape index (κ3) is 8.59. The van der Waals surface area contributed by atoms with E-state index in [-0.39, 0.29) is 18.7 Å². The summed E-state index contributed by atoms with van der Waals surface area (Å²) < 4.78 is 0. The fraction of sp³-hybridized carbons (Fsp3) is 0.857. The van der Waals surface area contributed by atoms with Crippen molar-refractivity contribution in [3.63, 3.8) is 0 Å². The molecule has 0 rings (SSSR count). The number of rotatable bonds is 10. The molecule has 112 valence electrons. The van der Waals surface area contributed by atoms with Crippen LogP contribution in [0.4, 0.5) is 0 Å². The number of aliphatic carboxylic acids is 1. The summed E-state index contributed by atoms with van der Waals surface area (Å²) in [5, 5.41) is 8.64. The molecule has 0 aliphatic heterocycles. The maximum atomic E-state index is 12.0. The molecule has 0 aliphatic carbocycles. The number of carboxylic acids is 1. The van der Waals surface area contributed by atoms with Crippen molar-refractivity contribution in [3.05, 3.63) is 0 Å². The number of hydrogen-bond donors (Lipinski definition) is 1. The second-order valence-electron chi connectivity index (χ2n) is 5.15. The van der Waals surface area contributed by atoms with Gasteiger partial charge in [-0.1, -0.05) is 27.7 Å². The van der Waals surface area contributed by atoms with Crippen molar-refractivity contribution in [1.29, 1.82) is 0 Å². The molecule has 0 unspecified atom stereocenters. The summed E-state index contributed by atoms with van der Waals surface area (Å²) in [7, 11) is 0. The number of amides is 1. The molecule has 0 fully saturated rings. The summed E-state index contributed by atoms with van der Waals surface area (Å²) in [6.45, 7) is 12.5. The van der Waals surface area contributed by atoms with Crippen LogP contribution in [0.15, 0.2) is 0 Å². The van der Waals surface area contributed by atoms with Gasteiger partial charge in [-0.3, -0.25) is 9.59 Å². The van der Waals surface area contributed by atoms with Crippen LogP contribution in [0, 0.1) is 5.92 Å². The largest absolute Gasteiger partial charge is 0.481 e. The van der Waals surface area contributed by atoms with E-state index in [4.69, 9.17) is 5.11 Å². The van der Waals surface area contributed by atoms with Crippen LogP contribution in [0.1, 0.15) is 40.5 Å². The van der Waals surface area contributed by atoms with Crippen molar-refractivity contribution < 1.29 is 14.7 Å². The number of likely N-dealkylation sites (N-methyl/N-ethyl adjacent to an activating group) is 1. The Morgan fingerprint density at radius 2 is 1.63 bits per heavy atom. The first-order valence-corrected chi connectivity index (χ1v) is 7.12. The highest BCUT2D eigenvalue weighted by molar-refractivity contribution is 5.80. The molecule has 0 saturated carbocycles. The summed E-state index contributed by atoms with van der Waals surface area (Å²) in [6, 6.07) is 0. The zero-order valence-corrected chi connectivity index (χ0v) is 12.7. The second kappa shape index (κ2) is 9.78. The molecule has 0 spiro atoms. The molecule has 0 aromatic carbocycles. The molecular weight excluding hydrogens is 244 g/mol. The van der Waals surface area contributed by atoms with Crippen molar-refractivity contribution >= 4 is 11.9 Å². The lowest BCUT2D eigenvalue weighted by Gasteiger charge is -2.27. The normalized spacial score (nSPS) is 11.1. The van der Waals surface area contributed by atoms with Gasteiger partial charge in [-0.2, -0.15) is 0 Å². The van der Waals surface area contributed by atoms with Gasteiger partial charge in [-0.25, -0.2) is 0 Å². The first kappa shape index (κ1) is 17.9. The molecule has 0 atom stereocenters. The fourth-order valence-corrected chi connectivity index (χ4v) is 1.93. The van der Waals surface area contributed by atoms with E-state index < -0.39 is 5.97 Å². The smallest absolute Gasteiger partial charge is 0.303 e. The maximum absolute atomic E-state index is 12.0. The predicted molar refractivity (Wildman–Crippen MR) is 76.1 cm³/mol. The van der Waals surface area contributed by atoms with E-state index in [0.29, 0.717) is 19.0 Å². The Hall–Kier alpha value is -1.10. The van der Waals surface area contributed by atoms with Crippen LogP contribution < -0.4 is 0 Å². The molecule has 1 N–H and O–H groups in total. The van der Waals surface area contributed by atoms with Gasteiger partial charge in [-0.05, 0) is 19.0 Å². The number of hydrogen-bond acceptors (Lipinski definition) is 3. The molecule has 5 nitrogen and oxygen atoms in total. The molecule has 0 aromatic rings. The third-order valence-electron chi connectivity index (χ3n) is 3.07. The third-order valence-corrected chi connectivity index (χ3v) is 3.07. The Labute approximate surface area is 116 Å². The summed E-state index contributed by atoms with van der Waals surface area (Å²) in [4.78, 5) is 26.6. The highest BCUT2D eigenvalue weighted by Gasteiger charge is 2.16. The average Bonchev–Trinajstić information content (AvgIpc) is 2.35. The van der Waals surface area contributed by atoms with E-state index in [9.17, 15) is 9.59 Å². The van der Waals surface area contributed by atoms with Crippen molar-refractivity contribution in [1.82, 2.24) is 9.80 Å². The number of carbonyl (C=O) groups is 2. The van der Waals surface area contributed by atoms with Gasteiger partial charge in [0.25, 0.3) is 0 Å². The van der Waals surface area contributed by atoms with E-state index in [2.05, 4.69) is 32.6 Å². The molecule has 0 aliphatic rings. The molecule has 0 heterocycles. The van der Waals surface area contributed by atoms with Gasteiger partial charge in [0.2, 0.25) is 5.91 Å². The Morgan fingerprint density at radius 1 is 1.05 bits per heavy atom. The van der Waals surface area contributed by atoms with Gasteiger partial charge in [-0.15, -0.1) is 0 Å². The quantitative estimate of drug-likeness (QED) is 0.657. The van der Waals surface area contributed by atoms with Crippen molar-refractivity contribution in [2.75, 3.05) is 32.7 Å². The van der Waals surface area contributed by atoms with Crippen LogP contribution in [0.3, 0.4) is 0 Å². The predicted octanol–water partition coefficient (Wildman–Crippen LogP) is 1.68. The Morgan fingerprint density at radius 3 is 2.05 bits per heavy atom. The van der Waals surface area contributed by atoms with Crippen molar-refractivity contribution in [2.24, 2.45) is 5.92 Å². The average molecular weight is 272 g/mol. The standard InChI is InChI=1S/C14H28N2O3/c1-5-15(6-2)9-10-16(11-12(3)4)13(17)7-8-14(18)19/h12H,5-11H2,1-4H3,(H,18,19). The Kier molecular flexibility index (Phi) is 9.21. The Balaban J connectivity index is 4.36. The minimum Gasteiger partial charge on any atom is -0.481 e. The summed E-state index contributed by atoms with van der Waals surface area (Å²) in [5.41, 5.74) is 0.